The molecule has 1 aliphatic rings. The normalized spacial score (nSPS) is 16.4. The highest BCUT2D eigenvalue weighted by Crippen LogP contribution is 2.25. The molecular formula is C19H15N3O4S. The quantitative estimate of drug-likeness (QED) is 0.662. The van der Waals surface area contributed by atoms with Crippen LogP contribution in [0.15, 0.2) is 52.5 Å². The van der Waals surface area contributed by atoms with E-state index in [1.807, 2.05) is 5.38 Å². The van der Waals surface area contributed by atoms with E-state index in [0.29, 0.717) is 28.6 Å². The Kier molecular flexibility index (Phi) is 4.55. The van der Waals surface area contributed by atoms with Gasteiger partial charge >= 0.3 is 0 Å². The van der Waals surface area contributed by atoms with Gasteiger partial charge in [-0.1, -0.05) is 12.1 Å². The zero-order valence-corrected chi connectivity index (χ0v) is 14.9. The number of thiazole rings is 1. The summed E-state index contributed by atoms with van der Waals surface area (Å²) in [6.45, 7) is 0. The topological polar surface area (TPSA) is 101 Å². The van der Waals surface area contributed by atoms with Gasteiger partial charge in [0.15, 0.2) is 10.9 Å². The van der Waals surface area contributed by atoms with Gasteiger partial charge in [-0.25, -0.2) is 4.98 Å². The van der Waals surface area contributed by atoms with Crippen molar-refractivity contribution in [3.63, 3.8) is 0 Å². The SMILES string of the molecule is O=C1CC(Cc2ccc(C(=O)Nc3nc(-c4ccco4)cs3)cc2)C(=O)N1. The van der Waals surface area contributed by atoms with E-state index in [4.69, 9.17) is 4.42 Å². The number of rotatable bonds is 5. The molecule has 4 rings (SSSR count). The Bertz CT molecular complexity index is 992. The van der Waals surface area contributed by atoms with E-state index < -0.39 is 0 Å². The van der Waals surface area contributed by atoms with Crippen molar-refractivity contribution < 1.29 is 18.8 Å². The van der Waals surface area contributed by atoms with Crippen molar-refractivity contribution in [3.05, 3.63) is 59.2 Å². The number of aromatic nitrogens is 1. The van der Waals surface area contributed by atoms with Crippen LogP contribution in [0.1, 0.15) is 22.3 Å². The summed E-state index contributed by atoms with van der Waals surface area (Å²) in [4.78, 5) is 39.6. The molecule has 1 unspecified atom stereocenters. The first kappa shape index (κ1) is 17.2. The van der Waals surface area contributed by atoms with Crippen LogP contribution in [0.4, 0.5) is 5.13 Å². The molecule has 1 atom stereocenters. The molecule has 0 bridgehead atoms. The lowest BCUT2D eigenvalue weighted by Crippen LogP contribution is -2.22. The van der Waals surface area contributed by atoms with Crippen LogP contribution in [-0.4, -0.2) is 22.7 Å². The van der Waals surface area contributed by atoms with Crippen LogP contribution in [0.25, 0.3) is 11.5 Å². The molecule has 2 N–H and O–H groups in total. The highest BCUT2D eigenvalue weighted by molar-refractivity contribution is 7.14. The van der Waals surface area contributed by atoms with E-state index in [9.17, 15) is 14.4 Å². The zero-order chi connectivity index (χ0) is 18.8. The van der Waals surface area contributed by atoms with Crippen LogP contribution < -0.4 is 10.6 Å². The van der Waals surface area contributed by atoms with E-state index in [0.717, 1.165) is 5.56 Å². The largest absolute Gasteiger partial charge is 0.463 e. The summed E-state index contributed by atoms with van der Waals surface area (Å²) >= 11 is 1.32. The molecule has 1 aromatic carbocycles. The van der Waals surface area contributed by atoms with E-state index in [1.54, 1.807) is 42.7 Å². The van der Waals surface area contributed by atoms with Crippen LogP contribution in [0.2, 0.25) is 0 Å². The van der Waals surface area contributed by atoms with Gasteiger partial charge in [0.2, 0.25) is 11.8 Å². The maximum Gasteiger partial charge on any atom is 0.257 e. The number of carbonyl (C=O) groups is 3. The summed E-state index contributed by atoms with van der Waals surface area (Å²) in [6.07, 6.45) is 2.25. The van der Waals surface area contributed by atoms with Gasteiger partial charge < -0.3 is 4.42 Å². The van der Waals surface area contributed by atoms with Gasteiger partial charge in [0.1, 0.15) is 5.69 Å². The minimum absolute atomic E-state index is 0.211. The standard InChI is InChI=1S/C19H15N3O4S/c23-16-9-13(18(25)21-16)8-11-3-5-12(6-4-11)17(24)22-19-20-14(10-27-19)15-2-1-7-26-15/h1-7,10,13H,8-9H2,(H,20,22,24)(H,21,23,25). The Balaban J connectivity index is 1.39. The van der Waals surface area contributed by atoms with Crippen LogP contribution in [0.5, 0.6) is 0 Å². The number of hydrogen-bond acceptors (Lipinski definition) is 6. The maximum absolute atomic E-state index is 12.4. The van der Waals surface area contributed by atoms with Gasteiger partial charge in [-0.05, 0) is 36.2 Å². The number of nitrogens with zero attached hydrogens (tertiary/aromatic N) is 1. The number of furan rings is 1. The summed E-state index contributed by atoms with van der Waals surface area (Å²) < 4.78 is 5.29. The highest BCUT2D eigenvalue weighted by Gasteiger charge is 2.30. The van der Waals surface area contributed by atoms with Crippen molar-refractivity contribution in [2.45, 2.75) is 12.8 Å². The third-order valence-corrected chi connectivity index (χ3v) is 5.02. The van der Waals surface area contributed by atoms with Crippen LogP contribution >= 0.6 is 11.3 Å². The smallest absolute Gasteiger partial charge is 0.257 e. The van der Waals surface area contributed by atoms with Crippen molar-refractivity contribution in [2.75, 3.05) is 5.32 Å². The second-order valence-electron chi connectivity index (χ2n) is 6.18. The summed E-state index contributed by atoms with van der Waals surface area (Å²) in [6, 6.07) is 10.6. The Morgan fingerprint density at radius 3 is 2.74 bits per heavy atom. The van der Waals surface area contributed by atoms with Crippen molar-refractivity contribution in [1.29, 1.82) is 0 Å². The summed E-state index contributed by atoms with van der Waals surface area (Å²) in [5.74, 6) is -0.440. The van der Waals surface area contributed by atoms with E-state index in [1.165, 1.54) is 11.3 Å². The molecular weight excluding hydrogens is 366 g/mol. The minimum Gasteiger partial charge on any atom is -0.463 e. The lowest BCUT2D eigenvalue weighted by Gasteiger charge is -2.07. The van der Waals surface area contributed by atoms with Crippen LogP contribution in [0.3, 0.4) is 0 Å². The molecule has 136 valence electrons. The number of imide groups is 1. The highest BCUT2D eigenvalue weighted by atomic mass is 32.1. The first-order valence-corrected chi connectivity index (χ1v) is 9.20. The van der Waals surface area contributed by atoms with Crippen molar-refractivity contribution in [1.82, 2.24) is 10.3 Å². The van der Waals surface area contributed by atoms with Crippen LogP contribution in [-0.2, 0) is 16.0 Å². The number of benzene rings is 1. The number of nitrogens with one attached hydrogen (secondary N) is 2. The second-order valence-corrected chi connectivity index (χ2v) is 7.04. The summed E-state index contributed by atoms with van der Waals surface area (Å²) in [5.41, 5.74) is 2.05. The molecule has 1 saturated heterocycles. The lowest BCUT2D eigenvalue weighted by atomic mass is 9.97. The van der Waals surface area contributed by atoms with Gasteiger partial charge in [-0.2, -0.15) is 0 Å². The molecule has 2 aromatic heterocycles. The zero-order valence-electron chi connectivity index (χ0n) is 14.1. The molecule has 27 heavy (non-hydrogen) atoms. The summed E-state index contributed by atoms with van der Waals surface area (Å²) in [7, 11) is 0. The Morgan fingerprint density at radius 2 is 2.07 bits per heavy atom. The molecule has 0 aliphatic carbocycles. The van der Waals surface area contributed by atoms with E-state index in [2.05, 4.69) is 15.6 Å². The first-order valence-electron chi connectivity index (χ1n) is 8.32. The maximum atomic E-state index is 12.4. The molecule has 0 saturated carbocycles. The number of hydrogen-bond donors (Lipinski definition) is 2. The number of carbonyl (C=O) groups excluding carboxylic acids is 3. The fraction of sp³-hybridized carbons (Fsp3) is 0.158. The average Bonchev–Trinajstić information content (AvgIpc) is 3.38. The Labute approximate surface area is 158 Å². The van der Waals surface area contributed by atoms with E-state index >= 15 is 0 Å². The molecule has 3 heterocycles. The molecule has 8 heteroatoms. The molecule has 1 fully saturated rings. The van der Waals surface area contributed by atoms with Gasteiger partial charge in [0.05, 0.1) is 12.2 Å². The van der Waals surface area contributed by atoms with Crippen molar-refractivity contribution in [2.24, 2.45) is 5.92 Å². The fourth-order valence-electron chi connectivity index (χ4n) is 2.89. The van der Waals surface area contributed by atoms with Gasteiger partial charge in [-0.3, -0.25) is 25.0 Å². The number of anilines is 1. The summed E-state index contributed by atoms with van der Waals surface area (Å²) in [5, 5.41) is 7.36. The molecule has 3 amide bonds. The Hall–Kier alpha value is -3.26. The first-order chi connectivity index (χ1) is 13.1. The predicted octanol–water partition coefficient (Wildman–Crippen LogP) is 2.86. The lowest BCUT2D eigenvalue weighted by molar-refractivity contribution is -0.125. The molecule has 1 aliphatic heterocycles. The third kappa shape index (κ3) is 3.80. The van der Waals surface area contributed by atoms with Crippen molar-refractivity contribution >= 4 is 34.2 Å². The average molecular weight is 381 g/mol. The Morgan fingerprint density at radius 1 is 1.26 bits per heavy atom. The van der Waals surface area contributed by atoms with Gasteiger partial charge in [0.25, 0.3) is 5.91 Å². The van der Waals surface area contributed by atoms with Gasteiger partial charge in [-0.15, -0.1) is 11.3 Å². The third-order valence-electron chi connectivity index (χ3n) is 4.26. The minimum atomic E-state index is -0.340. The number of amides is 3. The molecule has 7 nitrogen and oxygen atoms in total. The fourth-order valence-corrected chi connectivity index (χ4v) is 3.58. The van der Waals surface area contributed by atoms with E-state index in [-0.39, 0.29) is 30.1 Å². The van der Waals surface area contributed by atoms with Crippen molar-refractivity contribution in [3.8, 4) is 11.5 Å². The molecule has 3 aromatic rings. The molecule has 0 spiro atoms. The van der Waals surface area contributed by atoms with Gasteiger partial charge in [0, 0.05) is 17.4 Å². The monoisotopic (exact) mass is 381 g/mol. The molecule has 0 radical (unpaired) electrons. The predicted molar refractivity (Wildman–Crippen MR) is 99.2 cm³/mol. The second kappa shape index (κ2) is 7.16. The van der Waals surface area contributed by atoms with Crippen LogP contribution in [0, 0.1) is 5.92 Å².